The number of aryl methyl sites for hydroxylation is 1. The Morgan fingerprint density at radius 2 is 1.48 bits per heavy atom. The smallest absolute Gasteiger partial charge is 0.232 e. The molecule has 0 aliphatic carbocycles. The van der Waals surface area contributed by atoms with Gasteiger partial charge in [-0.15, -0.1) is 0 Å². The number of hydrogen-bond acceptors (Lipinski definition) is 5. The number of nitrogens with zero attached hydrogens (tertiary/aromatic N) is 2. The number of benzene rings is 4. The molecule has 0 aliphatic heterocycles. The molecule has 42 heavy (non-hydrogen) atoms. The fourth-order valence-electron chi connectivity index (χ4n) is 4.30. The van der Waals surface area contributed by atoms with Crippen LogP contribution in [0.4, 0.5) is 20.3 Å². The lowest BCUT2D eigenvalue weighted by molar-refractivity contribution is 0.439. The van der Waals surface area contributed by atoms with Crippen molar-refractivity contribution in [2.24, 2.45) is 4.99 Å². The van der Waals surface area contributed by atoms with E-state index >= 15 is 0 Å². The third-order valence-electron chi connectivity index (χ3n) is 6.32. The molecular weight excluding hydrogens is 556 g/mol. The lowest BCUT2D eigenvalue weighted by atomic mass is 10.0. The molecular formula is C33H27F2N3O3S. The molecule has 0 amide bonds. The van der Waals surface area contributed by atoms with E-state index in [2.05, 4.69) is 9.71 Å². The third-order valence-corrected chi connectivity index (χ3v) is 7.63. The van der Waals surface area contributed by atoms with Gasteiger partial charge < -0.3 is 4.74 Å². The second-order valence-corrected chi connectivity index (χ2v) is 11.5. The van der Waals surface area contributed by atoms with E-state index in [1.807, 2.05) is 67.6 Å². The van der Waals surface area contributed by atoms with Crippen molar-refractivity contribution in [2.45, 2.75) is 13.8 Å². The highest BCUT2D eigenvalue weighted by Crippen LogP contribution is 2.38. The van der Waals surface area contributed by atoms with Crippen LogP contribution in [-0.4, -0.2) is 24.9 Å². The molecule has 0 aliphatic rings. The van der Waals surface area contributed by atoms with Gasteiger partial charge in [0.15, 0.2) is 17.4 Å². The Morgan fingerprint density at radius 1 is 0.833 bits per heavy atom. The van der Waals surface area contributed by atoms with Gasteiger partial charge in [-0.3, -0.25) is 4.72 Å². The van der Waals surface area contributed by atoms with Crippen LogP contribution in [0.5, 0.6) is 11.5 Å². The van der Waals surface area contributed by atoms with Gasteiger partial charge in [0.25, 0.3) is 0 Å². The zero-order valence-electron chi connectivity index (χ0n) is 22.9. The number of rotatable bonds is 9. The number of anilines is 1. The first-order valence-corrected chi connectivity index (χ1v) is 14.8. The summed E-state index contributed by atoms with van der Waals surface area (Å²) in [6, 6.07) is 30.7. The predicted molar refractivity (Wildman–Crippen MR) is 162 cm³/mol. The molecule has 0 atom stereocenters. The highest BCUT2D eigenvalue weighted by Gasteiger charge is 2.16. The van der Waals surface area contributed by atoms with Gasteiger partial charge in [-0.25, -0.2) is 27.2 Å². The van der Waals surface area contributed by atoms with Crippen molar-refractivity contribution in [1.82, 2.24) is 4.98 Å². The molecule has 6 nitrogen and oxygen atoms in total. The fraction of sp³-hybridized carbons (Fsp3) is 0.0909. The molecule has 9 heteroatoms. The van der Waals surface area contributed by atoms with Gasteiger partial charge in [0.05, 0.1) is 11.5 Å². The van der Waals surface area contributed by atoms with Crippen molar-refractivity contribution >= 4 is 27.2 Å². The fourth-order valence-corrected chi connectivity index (χ4v) is 4.93. The van der Waals surface area contributed by atoms with E-state index in [1.54, 1.807) is 18.2 Å². The third kappa shape index (κ3) is 6.87. The number of sulfonamides is 1. The monoisotopic (exact) mass is 583 g/mol. The lowest BCUT2D eigenvalue weighted by Gasteiger charge is -2.16. The number of pyridine rings is 1. The molecule has 1 N–H and O–H groups in total. The summed E-state index contributed by atoms with van der Waals surface area (Å²) in [6.07, 6.45) is 0. The molecule has 5 aromatic rings. The minimum absolute atomic E-state index is 0.115. The zero-order chi connectivity index (χ0) is 29.7. The summed E-state index contributed by atoms with van der Waals surface area (Å²) in [4.78, 5) is 9.57. The van der Waals surface area contributed by atoms with Crippen molar-refractivity contribution in [3.63, 3.8) is 0 Å². The van der Waals surface area contributed by atoms with Crippen LogP contribution in [0.2, 0.25) is 0 Å². The Labute approximate surface area is 243 Å². The van der Waals surface area contributed by atoms with Crippen LogP contribution in [0.15, 0.2) is 114 Å². The van der Waals surface area contributed by atoms with E-state index in [9.17, 15) is 17.2 Å². The van der Waals surface area contributed by atoms with Gasteiger partial charge in [-0.2, -0.15) is 0 Å². The van der Waals surface area contributed by atoms with Gasteiger partial charge in [0, 0.05) is 34.1 Å². The molecule has 1 aromatic heterocycles. The summed E-state index contributed by atoms with van der Waals surface area (Å²) >= 11 is 0. The topological polar surface area (TPSA) is 80.7 Å². The normalized spacial score (nSPS) is 11.1. The molecule has 0 bridgehead atoms. The van der Waals surface area contributed by atoms with Crippen LogP contribution in [0.25, 0.3) is 11.1 Å². The quantitative estimate of drug-likeness (QED) is 0.178. The van der Waals surface area contributed by atoms with Gasteiger partial charge in [0.2, 0.25) is 10.0 Å². The number of hydrogen-bond donors (Lipinski definition) is 1. The van der Waals surface area contributed by atoms with Crippen molar-refractivity contribution < 1.29 is 21.9 Å². The Hall–Kier alpha value is -4.89. The highest BCUT2D eigenvalue weighted by molar-refractivity contribution is 7.92. The number of nitrogens with one attached hydrogen (secondary N) is 1. The summed E-state index contributed by atoms with van der Waals surface area (Å²) < 4.78 is 61.1. The van der Waals surface area contributed by atoms with Crippen LogP contribution in [0, 0.1) is 18.6 Å². The summed E-state index contributed by atoms with van der Waals surface area (Å²) in [6.45, 7) is 3.35. The van der Waals surface area contributed by atoms with Crippen molar-refractivity contribution in [3.05, 3.63) is 138 Å². The summed E-state index contributed by atoms with van der Waals surface area (Å²) in [5.41, 5.74) is 4.53. The second-order valence-electron chi connectivity index (χ2n) is 9.44. The van der Waals surface area contributed by atoms with Gasteiger partial charge >= 0.3 is 0 Å². The second kappa shape index (κ2) is 12.3. The molecule has 0 spiro atoms. The first kappa shape index (κ1) is 28.6. The number of aliphatic imine (C=N–C) groups is 1. The molecule has 0 fully saturated rings. The average Bonchev–Trinajstić information content (AvgIpc) is 2.98. The Bertz CT molecular complexity index is 1820. The van der Waals surface area contributed by atoms with E-state index < -0.39 is 21.7 Å². The summed E-state index contributed by atoms with van der Waals surface area (Å²) in [7, 11) is -3.57. The minimum Gasteiger partial charge on any atom is -0.454 e. The molecule has 212 valence electrons. The van der Waals surface area contributed by atoms with Crippen molar-refractivity contribution in [2.75, 3.05) is 10.5 Å². The summed E-state index contributed by atoms with van der Waals surface area (Å²) in [5.74, 6) is -1.26. The zero-order valence-corrected chi connectivity index (χ0v) is 23.7. The maximum Gasteiger partial charge on any atom is 0.232 e. The highest BCUT2D eigenvalue weighted by atomic mass is 32.2. The molecule has 0 saturated heterocycles. The van der Waals surface area contributed by atoms with Gasteiger partial charge in [-0.1, -0.05) is 60.7 Å². The first-order valence-electron chi connectivity index (χ1n) is 13.2. The molecule has 5 rings (SSSR count). The maximum atomic E-state index is 14.5. The lowest BCUT2D eigenvalue weighted by Crippen LogP contribution is -2.14. The summed E-state index contributed by atoms with van der Waals surface area (Å²) in [5, 5.41) is 0. The number of halogens is 2. The molecule has 0 radical (unpaired) electrons. The Morgan fingerprint density at radius 3 is 2.10 bits per heavy atom. The minimum atomic E-state index is -3.57. The van der Waals surface area contributed by atoms with Gasteiger partial charge in [0.1, 0.15) is 11.6 Å². The van der Waals surface area contributed by atoms with Crippen LogP contribution in [-0.2, 0) is 10.0 Å². The largest absolute Gasteiger partial charge is 0.454 e. The van der Waals surface area contributed by atoms with Gasteiger partial charge in [-0.05, 0) is 61.9 Å². The molecule has 0 saturated carbocycles. The maximum absolute atomic E-state index is 14.5. The Kier molecular flexibility index (Phi) is 8.40. The molecule has 4 aromatic carbocycles. The number of ether oxygens (including phenoxy) is 1. The van der Waals surface area contributed by atoms with Crippen LogP contribution < -0.4 is 9.46 Å². The van der Waals surface area contributed by atoms with Crippen LogP contribution >= 0.6 is 0 Å². The van der Waals surface area contributed by atoms with Crippen molar-refractivity contribution in [3.8, 4) is 22.6 Å². The molecule has 1 heterocycles. The average molecular weight is 584 g/mol. The van der Waals surface area contributed by atoms with Crippen LogP contribution in [0.1, 0.15) is 23.7 Å². The van der Waals surface area contributed by atoms with E-state index in [-0.39, 0.29) is 17.3 Å². The van der Waals surface area contributed by atoms with Crippen LogP contribution in [0.3, 0.4) is 0 Å². The standard InChI is InChI=1S/C33H27F2N3O3S/c1-3-42(39,40)38-27-15-17-30(41-31-16-14-26(34)20-29(31)35)28(21-27)25-18-22(2)36-32(19-25)37-33(23-10-6-4-7-11-23)24-12-8-5-9-13-24/h4-21,38H,3H2,1-2H3. The molecule has 0 unspecified atom stereocenters. The van der Waals surface area contributed by atoms with Crippen molar-refractivity contribution in [1.29, 1.82) is 0 Å². The Balaban J connectivity index is 1.65. The predicted octanol–water partition coefficient (Wildman–Crippen LogP) is 8.06. The number of aromatic nitrogens is 1. The first-order chi connectivity index (χ1) is 20.2. The van der Waals surface area contributed by atoms with E-state index in [1.165, 1.54) is 25.1 Å². The SMILES string of the molecule is CCS(=O)(=O)Nc1ccc(Oc2ccc(F)cc2F)c(-c2cc(C)nc(N=C(c3ccccc3)c3ccccc3)c2)c1. The van der Waals surface area contributed by atoms with E-state index in [0.717, 1.165) is 29.0 Å². The van der Waals surface area contributed by atoms with E-state index in [0.29, 0.717) is 28.3 Å². The van der Waals surface area contributed by atoms with E-state index in [4.69, 9.17) is 9.73 Å².